The van der Waals surface area contributed by atoms with Gasteiger partial charge < -0.3 is 10.6 Å². The van der Waals surface area contributed by atoms with Crippen molar-refractivity contribution in [3.05, 3.63) is 11.4 Å². The fourth-order valence-corrected chi connectivity index (χ4v) is 2.89. The highest BCUT2D eigenvalue weighted by atomic mass is 16.2. The van der Waals surface area contributed by atoms with E-state index in [1.807, 2.05) is 11.8 Å². The Balaban J connectivity index is 2.21. The molecule has 0 aromatic carbocycles. The first-order valence-corrected chi connectivity index (χ1v) is 7.46. The predicted molar refractivity (Wildman–Crippen MR) is 80.5 cm³/mol. The summed E-state index contributed by atoms with van der Waals surface area (Å²) in [5.74, 6) is 0.0231. The molecule has 1 aliphatic heterocycles. The average Bonchev–Trinajstić information content (AvgIpc) is 2.55. The fraction of sp³-hybridized carbons (Fsp3) is 0.733. The molecular formula is C15H26N4O. The molecule has 0 aliphatic carbocycles. The van der Waals surface area contributed by atoms with E-state index in [1.54, 1.807) is 11.7 Å². The maximum atomic E-state index is 12.7. The minimum atomic E-state index is 0.0231. The number of nitrogen functional groups attached to an aromatic ring is 1. The van der Waals surface area contributed by atoms with Gasteiger partial charge in [0.2, 0.25) is 0 Å². The third-order valence-electron chi connectivity index (χ3n) is 4.33. The largest absolute Gasteiger partial charge is 0.395 e. The fourth-order valence-electron chi connectivity index (χ4n) is 2.89. The predicted octanol–water partition coefficient (Wildman–Crippen LogP) is 2.22. The molecule has 2 rings (SSSR count). The van der Waals surface area contributed by atoms with Gasteiger partial charge in [-0.3, -0.25) is 9.48 Å². The van der Waals surface area contributed by atoms with Gasteiger partial charge in [0.05, 0.1) is 11.4 Å². The molecule has 5 heteroatoms. The molecule has 0 bridgehead atoms. The highest BCUT2D eigenvalue weighted by Crippen LogP contribution is 2.30. The third-order valence-corrected chi connectivity index (χ3v) is 4.33. The molecule has 1 saturated heterocycles. The summed E-state index contributed by atoms with van der Waals surface area (Å²) in [5.41, 5.74) is 8.30. The topological polar surface area (TPSA) is 64.2 Å². The van der Waals surface area contributed by atoms with Crippen molar-refractivity contribution >= 4 is 11.6 Å². The lowest BCUT2D eigenvalue weighted by molar-refractivity contribution is 0.0747. The van der Waals surface area contributed by atoms with Gasteiger partial charge in [-0.05, 0) is 31.1 Å². The van der Waals surface area contributed by atoms with Crippen LogP contribution in [-0.2, 0) is 13.5 Å². The lowest BCUT2D eigenvalue weighted by Gasteiger charge is -2.23. The molecule has 1 fully saturated rings. The molecule has 0 saturated carbocycles. The molecule has 1 amide bonds. The zero-order valence-corrected chi connectivity index (χ0v) is 13.1. The number of rotatable bonds is 2. The number of nitrogens with two attached hydrogens (primary N) is 1. The summed E-state index contributed by atoms with van der Waals surface area (Å²) in [6, 6.07) is 0. The van der Waals surface area contributed by atoms with Crippen molar-refractivity contribution < 1.29 is 4.79 Å². The van der Waals surface area contributed by atoms with Crippen LogP contribution in [0, 0.1) is 5.41 Å². The van der Waals surface area contributed by atoms with E-state index >= 15 is 0 Å². The van der Waals surface area contributed by atoms with Crippen LogP contribution in [0.25, 0.3) is 0 Å². The second kappa shape index (κ2) is 5.46. The molecule has 5 nitrogen and oxygen atoms in total. The van der Waals surface area contributed by atoms with Gasteiger partial charge in [-0.25, -0.2) is 0 Å². The molecule has 2 heterocycles. The summed E-state index contributed by atoms with van der Waals surface area (Å²) in [5, 5.41) is 4.34. The molecule has 112 valence electrons. The Morgan fingerprint density at radius 1 is 1.35 bits per heavy atom. The van der Waals surface area contributed by atoms with Gasteiger partial charge in [0.1, 0.15) is 5.69 Å². The van der Waals surface area contributed by atoms with E-state index in [4.69, 9.17) is 5.73 Å². The second-order valence-corrected chi connectivity index (χ2v) is 6.50. The normalized spacial score (nSPS) is 18.9. The van der Waals surface area contributed by atoms with Crippen molar-refractivity contribution in [2.24, 2.45) is 12.5 Å². The average molecular weight is 278 g/mol. The van der Waals surface area contributed by atoms with Crippen LogP contribution in [0.1, 0.15) is 56.2 Å². The first-order valence-electron chi connectivity index (χ1n) is 7.46. The van der Waals surface area contributed by atoms with E-state index in [0.717, 1.165) is 44.5 Å². The molecule has 0 unspecified atom stereocenters. The molecule has 0 spiro atoms. The summed E-state index contributed by atoms with van der Waals surface area (Å²) in [4.78, 5) is 14.7. The van der Waals surface area contributed by atoms with Crippen molar-refractivity contribution in [2.45, 2.75) is 46.5 Å². The Hall–Kier alpha value is -1.52. The van der Waals surface area contributed by atoms with Gasteiger partial charge in [0, 0.05) is 20.1 Å². The van der Waals surface area contributed by atoms with Gasteiger partial charge in [0.25, 0.3) is 5.91 Å². The van der Waals surface area contributed by atoms with E-state index in [-0.39, 0.29) is 5.91 Å². The Bertz CT molecular complexity index is 504. The van der Waals surface area contributed by atoms with Crippen LogP contribution in [0.4, 0.5) is 5.69 Å². The van der Waals surface area contributed by atoms with E-state index in [9.17, 15) is 4.79 Å². The highest BCUT2D eigenvalue weighted by Gasteiger charge is 2.29. The number of anilines is 1. The standard InChI is InChI=1S/C15H26N4O/c1-5-11-12(16)13(18(4)17-11)14(20)19-9-6-7-15(2,3)8-10-19/h5-10,16H2,1-4H3. The van der Waals surface area contributed by atoms with Crippen molar-refractivity contribution in [3.63, 3.8) is 0 Å². The minimum Gasteiger partial charge on any atom is -0.395 e. The van der Waals surface area contributed by atoms with Gasteiger partial charge >= 0.3 is 0 Å². The molecule has 20 heavy (non-hydrogen) atoms. The number of aryl methyl sites for hydroxylation is 2. The number of carbonyl (C=O) groups excluding carboxylic acids is 1. The number of amides is 1. The summed E-state index contributed by atoms with van der Waals surface area (Å²) >= 11 is 0. The summed E-state index contributed by atoms with van der Waals surface area (Å²) in [7, 11) is 1.80. The lowest BCUT2D eigenvalue weighted by atomic mass is 9.85. The van der Waals surface area contributed by atoms with Gasteiger partial charge in [-0.2, -0.15) is 5.10 Å². The van der Waals surface area contributed by atoms with E-state index in [0.29, 0.717) is 16.8 Å². The minimum absolute atomic E-state index is 0.0231. The third kappa shape index (κ3) is 2.81. The zero-order chi connectivity index (χ0) is 14.9. The molecule has 1 aromatic heterocycles. The number of carbonyl (C=O) groups is 1. The molecule has 0 radical (unpaired) electrons. The summed E-state index contributed by atoms with van der Waals surface area (Å²) in [6.45, 7) is 8.16. The Morgan fingerprint density at radius 2 is 2.05 bits per heavy atom. The number of nitrogens with zero attached hydrogens (tertiary/aromatic N) is 3. The van der Waals surface area contributed by atoms with Crippen molar-refractivity contribution in [3.8, 4) is 0 Å². The monoisotopic (exact) mass is 278 g/mol. The first kappa shape index (κ1) is 14.9. The SMILES string of the molecule is CCc1nn(C)c(C(=O)N2CCCC(C)(C)CC2)c1N. The summed E-state index contributed by atoms with van der Waals surface area (Å²) in [6.07, 6.45) is 4.01. The summed E-state index contributed by atoms with van der Waals surface area (Å²) < 4.78 is 1.63. The van der Waals surface area contributed by atoms with Crippen LogP contribution < -0.4 is 5.73 Å². The molecule has 2 N–H and O–H groups in total. The van der Waals surface area contributed by atoms with E-state index in [1.165, 1.54) is 0 Å². The van der Waals surface area contributed by atoms with Gasteiger partial charge in [0.15, 0.2) is 0 Å². The van der Waals surface area contributed by atoms with Gasteiger partial charge in [-0.15, -0.1) is 0 Å². The second-order valence-electron chi connectivity index (χ2n) is 6.50. The lowest BCUT2D eigenvalue weighted by Crippen LogP contribution is -2.34. The Morgan fingerprint density at radius 3 is 2.65 bits per heavy atom. The van der Waals surface area contributed by atoms with Crippen LogP contribution in [-0.4, -0.2) is 33.7 Å². The highest BCUT2D eigenvalue weighted by molar-refractivity contribution is 5.98. The number of likely N-dealkylation sites (tertiary alicyclic amines) is 1. The molecule has 1 aromatic rings. The maximum Gasteiger partial charge on any atom is 0.274 e. The van der Waals surface area contributed by atoms with Crippen molar-refractivity contribution in [1.29, 1.82) is 0 Å². The molecule has 0 atom stereocenters. The van der Waals surface area contributed by atoms with Crippen LogP contribution >= 0.6 is 0 Å². The van der Waals surface area contributed by atoms with Crippen molar-refractivity contribution in [1.82, 2.24) is 14.7 Å². The van der Waals surface area contributed by atoms with E-state index < -0.39 is 0 Å². The Labute approximate surface area is 121 Å². The van der Waals surface area contributed by atoms with Crippen LogP contribution in [0.2, 0.25) is 0 Å². The van der Waals surface area contributed by atoms with E-state index in [2.05, 4.69) is 18.9 Å². The maximum absolute atomic E-state index is 12.7. The quantitative estimate of drug-likeness (QED) is 0.902. The van der Waals surface area contributed by atoms with Crippen LogP contribution in [0.3, 0.4) is 0 Å². The smallest absolute Gasteiger partial charge is 0.274 e. The Kier molecular flexibility index (Phi) is 4.06. The number of hydrogen-bond acceptors (Lipinski definition) is 3. The molecule has 1 aliphatic rings. The molecular weight excluding hydrogens is 252 g/mol. The number of aromatic nitrogens is 2. The van der Waals surface area contributed by atoms with Crippen LogP contribution in [0.15, 0.2) is 0 Å². The zero-order valence-electron chi connectivity index (χ0n) is 13.1. The number of hydrogen-bond donors (Lipinski definition) is 1. The van der Waals surface area contributed by atoms with Crippen molar-refractivity contribution in [2.75, 3.05) is 18.8 Å². The van der Waals surface area contributed by atoms with Gasteiger partial charge in [-0.1, -0.05) is 20.8 Å². The first-order chi connectivity index (χ1) is 9.35. The van der Waals surface area contributed by atoms with Crippen LogP contribution in [0.5, 0.6) is 0 Å².